The molecule has 114 valence electrons. The summed E-state index contributed by atoms with van der Waals surface area (Å²) in [7, 11) is 0. The molecule has 2 aliphatic rings. The van der Waals surface area contributed by atoms with Gasteiger partial charge in [0.15, 0.2) is 0 Å². The van der Waals surface area contributed by atoms with Crippen LogP contribution in [0.1, 0.15) is 25.0 Å². The largest absolute Gasteiger partial charge is 0.366 e. The van der Waals surface area contributed by atoms with Crippen molar-refractivity contribution in [3.05, 3.63) is 41.6 Å². The molecule has 0 aliphatic carbocycles. The van der Waals surface area contributed by atoms with E-state index < -0.39 is 0 Å². The van der Waals surface area contributed by atoms with Crippen LogP contribution in [0.4, 0.5) is 0 Å². The first-order valence-electron chi connectivity index (χ1n) is 8.07. The van der Waals surface area contributed by atoms with Crippen molar-refractivity contribution < 1.29 is 4.79 Å². The lowest BCUT2D eigenvalue weighted by atomic mass is 9.99. The third-order valence-electron chi connectivity index (χ3n) is 4.93. The highest BCUT2D eigenvalue weighted by Crippen LogP contribution is 2.40. The lowest BCUT2D eigenvalue weighted by molar-refractivity contribution is -0.133. The summed E-state index contributed by atoms with van der Waals surface area (Å²) < 4.78 is 0. The SMILES string of the molecule is CCN(CC)C(=O)C1C=C2c3cccc4[nH]cc(c34)CN2C1. The molecule has 0 saturated carbocycles. The Morgan fingerprint density at radius 1 is 1.36 bits per heavy atom. The number of carbonyl (C=O) groups excluding carboxylic acids is 1. The average molecular weight is 295 g/mol. The molecule has 1 amide bonds. The van der Waals surface area contributed by atoms with Gasteiger partial charge in [-0.2, -0.15) is 0 Å². The summed E-state index contributed by atoms with van der Waals surface area (Å²) in [6.07, 6.45) is 4.27. The van der Waals surface area contributed by atoms with E-state index in [-0.39, 0.29) is 11.8 Å². The fraction of sp³-hybridized carbons (Fsp3) is 0.389. The minimum Gasteiger partial charge on any atom is -0.366 e. The highest BCUT2D eigenvalue weighted by atomic mass is 16.2. The van der Waals surface area contributed by atoms with Crippen LogP contribution in [-0.4, -0.2) is 40.3 Å². The average Bonchev–Trinajstić information content (AvgIpc) is 3.14. The number of H-pyrrole nitrogens is 1. The minimum atomic E-state index is -0.0156. The summed E-state index contributed by atoms with van der Waals surface area (Å²) in [6, 6.07) is 6.37. The van der Waals surface area contributed by atoms with Gasteiger partial charge in [-0.25, -0.2) is 0 Å². The van der Waals surface area contributed by atoms with Crippen molar-refractivity contribution in [3.63, 3.8) is 0 Å². The minimum absolute atomic E-state index is 0.0156. The van der Waals surface area contributed by atoms with Crippen LogP contribution in [0.15, 0.2) is 30.5 Å². The van der Waals surface area contributed by atoms with E-state index in [2.05, 4.69) is 40.4 Å². The second-order valence-electron chi connectivity index (χ2n) is 6.09. The van der Waals surface area contributed by atoms with E-state index in [1.54, 1.807) is 0 Å². The molecule has 4 nitrogen and oxygen atoms in total. The van der Waals surface area contributed by atoms with Gasteiger partial charge in [0.2, 0.25) is 5.91 Å². The monoisotopic (exact) mass is 295 g/mol. The Morgan fingerprint density at radius 2 is 2.18 bits per heavy atom. The van der Waals surface area contributed by atoms with Gasteiger partial charge in [-0.1, -0.05) is 12.1 Å². The maximum Gasteiger partial charge on any atom is 0.231 e. The van der Waals surface area contributed by atoms with Crippen LogP contribution in [0.3, 0.4) is 0 Å². The van der Waals surface area contributed by atoms with Gasteiger partial charge in [0.05, 0.1) is 5.92 Å². The van der Waals surface area contributed by atoms with Crippen molar-refractivity contribution in [3.8, 4) is 0 Å². The van der Waals surface area contributed by atoms with Gasteiger partial charge in [-0.15, -0.1) is 0 Å². The van der Waals surface area contributed by atoms with Gasteiger partial charge in [0, 0.05) is 54.5 Å². The van der Waals surface area contributed by atoms with Gasteiger partial charge in [0.1, 0.15) is 0 Å². The predicted molar refractivity (Wildman–Crippen MR) is 88.1 cm³/mol. The molecule has 3 heterocycles. The van der Waals surface area contributed by atoms with Crippen molar-refractivity contribution in [2.75, 3.05) is 19.6 Å². The van der Waals surface area contributed by atoms with Gasteiger partial charge in [-0.3, -0.25) is 4.79 Å². The Balaban J connectivity index is 1.74. The molecule has 0 saturated heterocycles. The van der Waals surface area contributed by atoms with Crippen LogP contribution in [-0.2, 0) is 11.3 Å². The molecule has 1 atom stereocenters. The number of hydrogen-bond donors (Lipinski definition) is 1. The van der Waals surface area contributed by atoms with Crippen molar-refractivity contribution in [2.45, 2.75) is 20.4 Å². The zero-order chi connectivity index (χ0) is 15.3. The van der Waals surface area contributed by atoms with Crippen LogP contribution < -0.4 is 0 Å². The first kappa shape index (κ1) is 13.4. The number of rotatable bonds is 3. The number of carbonyl (C=O) groups is 1. The molecule has 0 radical (unpaired) electrons. The van der Waals surface area contributed by atoms with E-state index in [1.807, 2.05) is 18.7 Å². The lowest BCUT2D eigenvalue weighted by Gasteiger charge is -2.28. The molecule has 1 N–H and O–H groups in total. The maximum absolute atomic E-state index is 12.7. The van der Waals surface area contributed by atoms with E-state index >= 15 is 0 Å². The Morgan fingerprint density at radius 3 is 2.95 bits per heavy atom. The van der Waals surface area contributed by atoms with Crippen LogP contribution in [0.2, 0.25) is 0 Å². The van der Waals surface area contributed by atoms with Crippen LogP contribution in [0.25, 0.3) is 16.6 Å². The normalized spacial score (nSPS) is 19.3. The number of aromatic amines is 1. The van der Waals surface area contributed by atoms with E-state index in [0.29, 0.717) is 0 Å². The zero-order valence-electron chi connectivity index (χ0n) is 13.1. The lowest BCUT2D eigenvalue weighted by Crippen LogP contribution is -2.37. The summed E-state index contributed by atoms with van der Waals surface area (Å²) in [5.41, 5.74) is 5.00. The number of nitrogens with zero attached hydrogens (tertiary/aromatic N) is 2. The van der Waals surface area contributed by atoms with Crippen molar-refractivity contribution in [1.29, 1.82) is 0 Å². The van der Waals surface area contributed by atoms with Crippen molar-refractivity contribution in [2.24, 2.45) is 5.92 Å². The van der Waals surface area contributed by atoms with Gasteiger partial charge >= 0.3 is 0 Å². The summed E-state index contributed by atoms with van der Waals surface area (Å²) in [5, 5.41) is 1.32. The highest BCUT2D eigenvalue weighted by Gasteiger charge is 2.34. The summed E-state index contributed by atoms with van der Waals surface area (Å²) >= 11 is 0. The molecule has 2 aliphatic heterocycles. The topological polar surface area (TPSA) is 39.3 Å². The van der Waals surface area contributed by atoms with Crippen molar-refractivity contribution in [1.82, 2.24) is 14.8 Å². The maximum atomic E-state index is 12.7. The molecular formula is C18H21N3O. The zero-order valence-corrected chi connectivity index (χ0v) is 13.1. The summed E-state index contributed by atoms with van der Waals surface area (Å²) in [6.45, 7) is 7.35. The van der Waals surface area contributed by atoms with E-state index in [9.17, 15) is 4.79 Å². The molecule has 0 fully saturated rings. The van der Waals surface area contributed by atoms with E-state index in [1.165, 1.54) is 27.7 Å². The highest BCUT2D eigenvalue weighted by molar-refractivity contribution is 5.98. The van der Waals surface area contributed by atoms with E-state index in [0.717, 1.165) is 26.2 Å². The summed E-state index contributed by atoms with van der Waals surface area (Å²) in [4.78, 5) is 20.3. The number of aromatic nitrogens is 1. The fourth-order valence-electron chi connectivity index (χ4n) is 3.81. The number of benzene rings is 1. The van der Waals surface area contributed by atoms with Crippen molar-refractivity contribution >= 4 is 22.5 Å². The fourth-order valence-corrected chi connectivity index (χ4v) is 3.81. The third-order valence-corrected chi connectivity index (χ3v) is 4.93. The number of amides is 1. The molecule has 2 aromatic rings. The van der Waals surface area contributed by atoms with Crippen LogP contribution in [0.5, 0.6) is 0 Å². The van der Waals surface area contributed by atoms with Crippen LogP contribution in [0, 0.1) is 5.92 Å². The van der Waals surface area contributed by atoms with Gasteiger partial charge in [-0.05, 0) is 31.6 Å². The molecule has 0 bridgehead atoms. The van der Waals surface area contributed by atoms with Crippen LogP contribution >= 0.6 is 0 Å². The molecule has 1 aromatic carbocycles. The van der Waals surface area contributed by atoms with Gasteiger partial charge in [0.25, 0.3) is 0 Å². The first-order valence-corrected chi connectivity index (χ1v) is 8.07. The molecule has 4 rings (SSSR count). The second-order valence-corrected chi connectivity index (χ2v) is 6.09. The predicted octanol–water partition coefficient (Wildman–Crippen LogP) is 2.82. The molecule has 22 heavy (non-hydrogen) atoms. The molecular weight excluding hydrogens is 274 g/mol. The molecule has 0 spiro atoms. The number of nitrogens with one attached hydrogen (secondary N) is 1. The molecule has 1 unspecified atom stereocenters. The Labute approximate surface area is 130 Å². The smallest absolute Gasteiger partial charge is 0.231 e. The molecule has 1 aromatic heterocycles. The molecule has 4 heteroatoms. The quantitative estimate of drug-likeness (QED) is 0.946. The second kappa shape index (κ2) is 4.90. The Kier molecular flexibility index (Phi) is 2.99. The Hall–Kier alpha value is -2.23. The first-order chi connectivity index (χ1) is 10.7. The summed E-state index contributed by atoms with van der Waals surface area (Å²) in [5.74, 6) is 0.239. The third kappa shape index (κ3) is 1.79. The number of fused-ring (bicyclic) bond motifs is 2. The standard InChI is InChI=1S/C18H21N3O/c1-3-20(4-2)18(22)12-8-16-14-6-5-7-15-17(14)13(9-19-15)11-21(16)10-12/h5-9,12,19H,3-4,10-11H2,1-2H3. The number of hydrogen-bond acceptors (Lipinski definition) is 2. The Bertz CT molecular complexity index is 770. The van der Waals surface area contributed by atoms with E-state index in [4.69, 9.17) is 0 Å². The van der Waals surface area contributed by atoms with Gasteiger partial charge < -0.3 is 14.8 Å².